The molecule has 4 heterocycles. The molecule has 1 aliphatic carbocycles. The van der Waals surface area contributed by atoms with E-state index in [-0.39, 0.29) is 17.7 Å². The largest absolute Gasteiger partial charge is 0.408 e. The minimum absolute atomic E-state index is 0.106. The molecule has 1 N–H and O–H groups in total. The quantitative estimate of drug-likeness (QED) is 0.459. The van der Waals surface area contributed by atoms with Gasteiger partial charge in [-0.25, -0.2) is 4.98 Å². The van der Waals surface area contributed by atoms with Crippen molar-refractivity contribution in [2.24, 2.45) is 11.8 Å². The second kappa shape index (κ2) is 9.69. The molecule has 0 unspecified atom stereocenters. The maximum Gasteiger partial charge on any atom is 0.408 e. The Morgan fingerprint density at radius 2 is 2.09 bits per heavy atom. The zero-order valence-corrected chi connectivity index (χ0v) is 19.7. The van der Waals surface area contributed by atoms with E-state index >= 15 is 0 Å². The minimum Gasteiger partial charge on any atom is -0.356 e. The fourth-order valence-electron chi connectivity index (χ4n) is 5.00. The van der Waals surface area contributed by atoms with Crippen LogP contribution in [0.1, 0.15) is 37.3 Å². The molecule has 3 aromatic rings. The van der Waals surface area contributed by atoms with E-state index < -0.39 is 12.7 Å². The molecule has 7 nitrogen and oxygen atoms in total. The second-order valence-electron chi connectivity index (χ2n) is 9.42. The van der Waals surface area contributed by atoms with Gasteiger partial charge in [0.25, 0.3) is 0 Å². The van der Waals surface area contributed by atoms with Crippen LogP contribution >= 0.6 is 11.3 Å². The normalized spacial score (nSPS) is 21.9. The molecule has 1 aliphatic heterocycles. The highest BCUT2D eigenvalue weighted by Gasteiger charge is 2.44. The first-order chi connectivity index (χ1) is 16.4. The number of carbonyl (C=O) groups is 1. The molecule has 2 aliphatic rings. The molecule has 0 radical (unpaired) electrons. The number of thiophene rings is 1. The third kappa shape index (κ3) is 5.46. The van der Waals surface area contributed by atoms with Crippen LogP contribution in [0.3, 0.4) is 0 Å². The smallest absolute Gasteiger partial charge is 0.356 e. The van der Waals surface area contributed by atoms with Gasteiger partial charge in [0.1, 0.15) is 6.54 Å². The zero-order valence-electron chi connectivity index (χ0n) is 18.9. The number of amides is 1. The summed E-state index contributed by atoms with van der Waals surface area (Å²) in [5.74, 6) is 0.844. The molecule has 34 heavy (non-hydrogen) atoms. The number of aryl methyl sites for hydroxylation is 1. The van der Waals surface area contributed by atoms with Crippen LogP contribution in [0.5, 0.6) is 0 Å². The van der Waals surface area contributed by atoms with E-state index in [0.717, 1.165) is 66.9 Å². The lowest BCUT2D eigenvalue weighted by Crippen LogP contribution is -2.35. The molecule has 0 spiro atoms. The Morgan fingerprint density at radius 3 is 2.82 bits per heavy atom. The van der Waals surface area contributed by atoms with E-state index in [2.05, 4.69) is 20.3 Å². The van der Waals surface area contributed by atoms with Crippen molar-refractivity contribution in [3.05, 3.63) is 35.9 Å². The van der Waals surface area contributed by atoms with E-state index in [1.165, 1.54) is 11.3 Å². The Kier molecular flexibility index (Phi) is 6.65. The van der Waals surface area contributed by atoms with E-state index in [4.69, 9.17) is 0 Å². The third-order valence-electron chi connectivity index (χ3n) is 6.89. The van der Waals surface area contributed by atoms with Crippen LogP contribution in [0.2, 0.25) is 0 Å². The van der Waals surface area contributed by atoms with Crippen LogP contribution < -0.4 is 5.32 Å². The summed E-state index contributed by atoms with van der Waals surface area (Å²) in [6.07, 6.45) is 4.74. The number of fused-ring (bicyclic) bond motifs is 1. The Morgan fingerprint density at radius 1 is 1.26 bits per heavy atom. The van der Waals surface area contributed by atoms with Crippen LogP contribution in [0.15, 0.2) is 30.2 Å². The SMILES string of the molecule is O=C(NCCCn1ccnc1)[C@@H]1C[C@H]1CN1CCC(c2nn(CC(F)(F)F)c3ccsc23)CC1. The maximum atomic E-state index is 12.9. The van der Waals surface area contributed by atoms with Crippen LogP contribution in [0, 0.1) is 11.8 Å². The minimum atomic E-state index is -4.28. The summed E-state index contributed by atoms with van der Waals surface area (Å²) in [5, 5.41) is 9.27. The lowest BCUT2D eigenvalue weighted by Gasteiger charge is -2.31. The molecule has 1 saturated heterocycles. The summed E-state index contributed by atoms with van der Waals surface area (Å²) in [6, 6.07) is 1.73. The average molecular weight is 495 g/mol. The Bertz CT molecular complexity index is 1100. The molecule has 0 aromatic carbocycles. The fraction of sp³-hybridized carbons (Fsp3) is 0.609. The van der Waals surface area contributed by atoms with Crippen molar-refractivity contribution >= 4 is 27.5 Å². The second-order valence-corrected chi connectivity index (χ2v) is 10.3. The van der Waals surface area contributed by atoms with Crippen molar-refractivity contribution in [3.63, 3.8) is 0 Å². The first kappa shape index (κ1) is 23.3. The number of halogens is 3. The van der Waals surface area contributed by atoms with Crippen molar-refractivity contribution in [2.45, 2.75) is 50.9 Å². The van der Waals surface area contributed by atoms with Gasteiger partial charge in [-0.3, -0.25) is 9.48 Å². The fourth-order valence-corrected chi connectivity index (χ4v) is 5.95. The standard InChI is InChI=1S/C23H29F3N6OS/c24-23(25,26)14-32-19-4-11-34-21(19)20(29-32)16-2-8-30(9-3-16)13-17-12-18(17)22(33)28-5-1-7-31-10-6-27-15-31/h4,6,10-11,15-18H,1-3,5,7-9,12-14H2,(H,28,33)/t17-,18+/m0/s1. The number of rotatable bonds is 9. The number of nitrogens with zero attached hydrogens (tertiary/aromatic N) is 5. The number of imidazole rings is 1. The molecule has 1 amide bonds. The Balaban J connectivity index is 1.06. The van der Waals surface area contributed by atoms with Crippen molar-refractivity contribution in [1.82, 2.24) is 29.5 Å². The summed E-state index contributed by atoms with van der Waals surface area (Å²) < 4.78 is 42.8. The molecule has 0 bridgehead atoms. The predicted octanol–water partition coefficient (Wildman–Crippen LogP) is 3.88. The first-order valence-electron chi connectivity index (χ1n) is 11.8. The Hall–Kier alpha value is -2.40. The molecule has 3 aromatic heterocycles. The molecule has 5 rings (SSSR count). The van der Waals surface area contributed by atoms with Crippen molar-refractivity contribution in [1.29, 1.82) is 0 Å². The summed E-state index contributed by atoms with van der Waals surface area (Å²) >= 11 is 1.47. The van der Waals surface area contributed by atoms with Crippen molar-refractivity contribution in [3.8, 4) is 0 Å². The van der Waals surface area contributed by atoms with E-state index in [1.807, 2.05) is 16.1 Å². The highest BCUT2D eigenvalue weighted by Crippen LogP contribution is 2.41. The van der Waals surface area contributed by atoms with Gasteiger partial charge >= 0.3 is 6.18 Å². The van der Waals surface area contributed by atoms with Gasteiger partial charge in [0.15, 0.2) is 0 Å². The van der Waals surface area contributed by atoms with Crippen LogP contribution in [0.25, 0.3) is 10.2 Å². The molecule has 1 saturated carbocycles. The predicted molar refractivity (Wildman–Crippen MR) is 124 cm³/mol. The van der Waals surface area contributed by atoms with Gasteiger partial charge in [-0.2, -0.15) is 18.3 Å². The Labute approximate surface area is 199 Å². The monoisotopic (exact) mass is 494 g/mol. The zero-order chi connectivity index (χ0) is 23.7. The van der Waals surface area contributed by atoms with Gasteiger partial charge in [-0.15, -0.1) is 11.3 Å². The highest BCUT2D eigenvalue weighted by molar-refractivity contribution is 7.17. The molecule has 2 atom stereocenters. The number of piperidine rings is 1. The van der Waals surface area contributed by atoms with Gasteiger partial charge in [0, 0.05) is 43.9 Å². The topological polar surface area (TPSA) is 68.0 Å². The van der Waals surface area contributed by atoms with E-state index in [0.29, 0.717) is 18.0 Å². The van der Waals surface area contributed by atoms with Gasteiger partial charge < -0.3 is 14.8 Å². The van der Waals surface area contributed by atoms with E-state index in [1.54, 1.807) is 18.6 Å². The van der Waals surface area contributed by atoms with Gasteiger partial charge in [0.05, 0.1) is 22.2 Å². The van der Waals surface area contributed by atoms with Gasteiger partial charge in [-0.05, 0) is 56.1 Å². The lowest BCUT2D eigenvalue weighted by atomic mass is 9.93. The highest BCUT2D eigenvalue weighted by atomic mass is 32.1. The maximum absolute atomic E-state index is 12.9. The van der Waals surface area contributed by atoms with Crippen molar-refractivity contribution < 1.29 is 18.0 Å². The van der Waals surface area contributed by atoms with E-state index in [9.17, 15) is 18.0 Å². The number of carbonyl (C=O) groups excluding carboxylic acids is 1. The number of hydrogen-bond acceptors (Lipinski definition) is 5. The first-order valence-corrected chi connectivity index (χ1v) is 12.7. The molecular formula is C23H29F3N6OS. The summed E-state index contributed by atoms with van der Waals surface area (Å²) in [6.45, 7) is 3.16. The molecule has 2 fully saturated rings. The van der Waals surface area contributed by atoms with Gasteiger partial charge in [0.2, 0.25) is 5.91 Å². The molecule has 11 heteroatoms. The number of alkyl halides is 3. The average Bonchev–Trinajstić information content (AvgIpc) is 3.16. The van der Waals surface area contributed by atoms with Crippen molar-refractivity contribution in [2.75, 3.05) is 26.2 Å². The summed E-state index contributed by atoms with van der Waals surface area (Å²) in [5.41, 5.74) is 1.39. The number of aromatic nitrogens is 4. The van der Waals surface area contributed by atoms with Crippen LogP contribution in [-0.2, 0) is 17.9 Å². The lowest BCUT2D eigenvalue weighted by molar-refractivity contribution is -0.141. The number of hydrogen-bond donors (Lipinski definition) is 1. The van der Waals surface area contributed by atoms with Crippen LogP contribution in [0.4, 0.5) is 13.2 Å². The van der Waals surface area contributed by atoms with Gasteiger partial charge in [-0.1, -0.05) is 0 Å². The number of nitrogens with one attached hydrogen (secondary N) is 1. The summed E-state index contributed by atoms with van der Waals surface area (Å²) in [7, 11) is 0. The third-order valence-corrected chi connectivity index (χ3v) is 7.82. The molecule has 184 valence electrons. The summed E-state index contributed by atoms with van der Waals surface area (Å²) in [4.78, 5) is 18.8. The number of likely N-dealkylation sites (tertiary alicyclic amines) is 1. The molecular weight excluding hydrogens is 465 g/mol. The van der Waals surface area contributed by atoms with Crippen LogP contribution in [-0.4, -0.2) is 62.5 Å².